The Balaban J connectivity index is 1.73. The number of halogens is 2. The number of rotatable bonds is 8. The summed E-state index contributed by atoms with van der Waals surface area (Å²) >= 11 is 0. The summed E-state index contributed by atoms with van der Waals surface area (Å²) < 4.78 is 27.1. The van der Waals surface area contributed by atoms with Gasteiger partial charge >= 0.3 is 0 Å². The van der Waals surface area contributed by atoms with Gasteiger partial charge in [0.15, 0.2) is 11.6 Å². The van der Waals surface area contributed by atoms with Crippen LogP contribution < -0.4 is 16.0 Å². The molecule has 0 bridgehead atoms. The van der Waals surface area contributed by atoms with Crippen molar-refractivity contribution in [3.63, 3.8) is 0 Å². The van der Waals surface area contributed by atoms with E-state index in [1.54, 1.807) is 25.1 Å². The standard InChI is InChI=1S/C31H33F2N3O3/c1-4-19(5-2)16-26(35-28(37)17-20-13-14-23(32)24(33)15-20)31(39)36-27-12-8-11-25(34)29(27)22-10-7-6-9-21(22)18(3)30(36)38/h6-15,18-19,26H,4-5,16-17,34H2,1-3H3,(H,35,37)/t18?,26-/m0/s1. The van der Waals surface area contributed by atoms with Crippen molar-refractivity contribution in [1.29, 1.82) is 0 Å². The number of nitrogens with one attached hydrogen (secondary N) is 1. The van der Waals surface area contributed by atoms with Gasteiger partial charge in [-0.3, -0.25) is 14.4 Å². The molecule has 0 spiro atoms. The second-order valence-electron chi connectivity index (χ2n) is 10.0. The molecule has 204 valence electrons. The van der Waals surface area contributed by atoms with Crippen LogP contribution in [0.15, 0.2) is 60.7 Å². The quantitative estimate of drug-likeness (QED) is 0.361. The van der Waals surface area contributed by atoms with Crippen molar-refractivity contribution in [2.75, 3.05) is 10.6 Å². The zero-order chi connectivity index (χ0) is 28.3. The van der Waals surface area contributed by atoms with Gasteiger partial charge in [-0.05, 0) is 60.2 Å². The molecule has 6 nitrogen and oxygen atoms in total. The Kier molecular flexibility index (Phi) is 8.43. The van der Waals surface area contributed by atoms with Gasteiger partial charge in [0.2, 0.25) is 11.8 Å². The van der Waals surface area contributed by atoms with E-state index in [1.807, 2.05) is 38.1 Å². The van der Waals surface area contributed by atoms with Crippen molar-refractivity contribution < 1.29 is 23.2 Å². The highest BCUT2D eigenvalue weighted by atomic mass is 19.2. The van der Waals surface area contributed by atoms with Crippen molar-refractivity contribution in [2.45, 2.75) is 58.4 Å². The fourth-order valence-corrected chi connectivity index (χ4v) is 5.23. The van der Waals surface area contributed by atoms with Crippen LogP contribution in [0.2, 0.25) is 0 Å². The van der Waals surface area contributed by atoms with E-state index in [2.05, 4.69) is 5.32 Å². The lowest BCUT2D eigenvalue weighted by atomic mass is 9.91. The Morgan fingerprint density at radius 3 is 2.41 bits per heavy atom. The highest BCUT2D eigenvalue weighted by molar-refractivity contribution is 6.22. The van der Waals surface area contributed by atoms with Gasteiger partial charge in [-0.1, -0.05) is 63.1 Å². The maximum absolute atomic E-state index is 14.2. The van der Waals surface area contributed by atoms with Crippen molar-refractivity contribution in [1.82, 2.24) is 5.32 Å². The predicted octanol–water partition coefficient (Wildman–Crippen LogP) is 5.74. The smallest absolute Gasteiger partial charge is 0.256 e. The lowest BCUT2D eigenvalue weighted by molar-refractivity contribution is -0.131. The van der Waals surface area contributed by atoms with Crippen LogP contribution in [0.3, 0.4) is 0 Å². The fraction of sp³-hybridized carbons (Fsp3) is 0.323. The third kappa shape index (κ3) is 5.70. The summed E-state index contributed by atoms with van der Waals surface area (Å²) in [6.45, 7) is 5.76. The van der Waals surface area contributed by atoms with Gasteiger partial charge in [0, 0.05) is 11.3 Å². The number of benzene rings is 3. The summed E-state index contributed by atoms with van der Waals surface area (Å²) in [5, 5.41) is 2.79. The second kappa shape index (κ2) is 11.8. The summed E-state index contributed by atoms with van der Waals surface area (Å²) in [5.74, 6) is -4.09. The van der Waals surface area contributed by atoms with E-state index in [4.69, 9.17) is 5.73 Å². The molecule has 1 heterocycles. The monoisotopic (exact) mass is 533 g/mol. The maximum Gasteiger partial charge on any atom is 0.256 e. The van der Waals surface area contributed by atoms with Crippen LogP contribution in [0.5, 0.6) is 0 Å². The Hall–Kier alpha value is -4.07. The highest BCUT2D eigenvalue weighted by Crippen LogP contribution is 2.44. The number of nitrogens with two attached hydrogens (primary N) is 1. The van der Waals surface area contributed by atoms with Gasteiger partial charge in [0.05, 0.1) is 18.0 Å². The van der Waals surface area contributed by atoms with Crippen molar-refractivity contribution >= 4 is 29.1 Å². The molecule has 1 unspecified atom stereocenters. The first-order chi connectivity index (χ1) is 18.7. The Morgan fingerprint density at radius 2 is 1.72 bits per heavy atom. The number of carbonyl (C=O) groups excluding carboxylic acids is 3. The van der Waals surface area contributed by atoms with E-state index < -0.39 is 41.3 Å². The SMILES string of the molecule is CCC(CC)C[C@H](NC(=O)Cc1ccc(F)c(F)c1)C(=O)N1C(=O)C(C)c2ccccc2-c2c(N)cccc21. The molecule has 3 aromatic rings. The number of anilines is 2. The number of nitrogens with zero attached hydrogens (tertiary/aromatic N) is 1. The number of hydrogen-bond donors (Lipinski definition) is 2. The van der Waals surface area contributed by atoms with E-state index in [1.165, 1.54) is 6.07 Å². The minimum atomic E-state index is -1.05. The molecule has 0 fully saturated rings. The highest BCUT2D eigenvalue weighted by Gasteiger charge is 2.39. The summed E-state index contributed by atoms with van der Waals surface area (Å²) in [6, 6.07) is 14.8. The van der Waals surface area contributed by atoms with Crippen LogP contribution in [0, 0.1) is 17.6 Å². The third-order valence-electron chi connectivity index (χ3n) is 7.53. The predicted molar refractivity (Wildman–Crippen MR) is 148 cm³/mol. The Labute approximate surface area is 227 Å². The molecule has 1 aliphatic heterocycles. The lowest BCUT2D eigenvalue weighted by Gasteiger charge is -2.30. The fourth-order valence-electron chi connectivity index (χ4n) is 5.23. The first kappa shape index (κ1) is 28.0. The molecule has 4 rings (SSSR count). The molecule has 2 atom stereocenters. The van der Waals surface area contributed by atoms with Crippen LogP contribution in [-0.4, -0.2) is 23.8 Å². The van der Waals surface area contributed by atoms with Crippen molar-refractivity contribution in [3.05, 3.63) is 83.4 Å². The van der Waals surface area contributed by atoms with Crippen LogP contribution in [-0.2, 0) is 20.8 Å². The first-order valence-electron chi connectivity index (χ1n) is 13.2. The van der Waals surface area contributed by atoms with E-state index in [-0.39, 0.29) is 17.9 Å². The summed E-state index contributed by atoms with van der Waals surface area (Å²) in [7, 11) is 0. The van der Waals surface area contributed by atoms with Gasteiger partial charge in [-0.25, -0.2) is 13.7 Å². The number of nitrogen functional groups attached to an aromatic ring is 1. The number of carbonyl (C=O) groups is 3. The molecule has 39 heavy (non-hydrogen) atoms. The zero-order valence-electron chi connectivity index (χ0n) is 22.3. The summed E-state index contributed by atoms with van der Waals surface area (Å²) in [6.07, 6.45) is 1.62. The molecule has 0 radical (unpaired) electrons. The van der Waals surface area contributed by atoms with E-state index in [9.17, 15) is 23.2 Å². The van der Waals surface area contributed by atoms with Gasteiger partial charge in [0.1, 0.15) is 6.04 Å². The molecule has 0 aromatic heterocycles. The van der Waals surface area contributed by atoms with Crippen molar-refractivity contribution in [2.24, 2.45) is 5.92 Å². The summed E-state index contributed by atoms with van der Waals surface area (Å²) in [4.78, 5) is 42.3. The van der Waals surface area contributed by atoms with Crippen LogP contribution in [0.1, 0.15) is 57.1 Å². The molecular formula is C31H33F2N3O3. The minimum absolute atomic E-state index is 0.111. The average Bonchev–Trinajstić information content (AvgIpc) is 3.01. The molecule has 3 aromatic carbocycles. The number of fused-ring (bicyclic) bond motifs is 3. The van der Waals surface area contributed by atoms with E-state index in [0.717, 1.165) is 41.0 Å². The number of amides is 3. The number of hydrogen-bond acceptors (Lipinski definition) is 4. The maximum atomic E-state index is 14.2. The third-order valence-corrected chi connectivity index (χ3v) is 7.53. The van der Waals surface area contributed by atoms with E-state index >= 15 is 0 Å². The van der Waals surface area contributed by atoms with Crippen LogP contribution in [0.4, 0.5) is 20.2 Å². The van der Waals surface area contributed by atoms with Crippen molar-refractivity contribution in [3.8, 4) is 11.1 Å². The molecule has 3 amide bonds. The minimum Gasteiger partial charge on any atom is -0.398 e. The van der Waals surface area contributed by atoms with Gasteiger partial charge in [-0.2, -0.15) is 0 Å². The molecule has 0 saturated heterocycles. The largest absolute Gasteiger partial charge is 0.398 e. The zero-order valence-corrected chi connectivity index (χ0v) is 22.3. The van der Waals surface area contributed by atoms with Gasteiger partial charge < -0.3 is 11.1 Å². The Morgan fingerprint density at radius 1 is 1.00 bits per heavy atom. The van der Waals surface area contributed by atoms with E-state index in [0.29, 0.717) is 23.4 Å². The summed E-state index contributed by atoms with van der Waals surface area (Å²) in [5.41, 5.74) is 9.59. The van der Waals surface area contributed by atoms with Crippen LogP contribution >= 0.6 is 0 Å². The Bertz CT molecular complexity index is 1400. The second-order valence-corrected chi connectivity index (χ2v) is 10.0. The lowest BCUT2D eigenvalue weighted by Crippen LogP contribution is -2.52. The van der Waals surface area contributed by atoms with Gasteiger partial charge in [-0.15, -0.1) is 0 Å². The molecular weight excluding hydrogens is 500 g/mol. The molecule has 0 saturated carbocycles. The average molecular weight is 534 g/mol. The topological polar surface area (TPSA) is 92.5 Å². The number of imide groups is 1. The van der Waals surface area contributed by atoms with Gasteiger partial charge in [0.25, 0.3) is 5.91 Å². The molecule has 0 aliphatic carbocycles. The molecule has 3 N–H and O–H groups in total. The first-order valence-corrected chi connectivity index (χ1v) is 13.2. The van der Waals surface area contributed by atoms with Crippen LogP contribution in [0.25, 0.3) is 11.1 Å². The molecule has 1 aliphatic rings. The molecule has 8 heteroatoms. The normalized spacial score (nSPS) is 15.4.